The average molecular weight is 341 g/mol. The highest BCUT2D eigenvalue weighted by Gasteiger charge is 2.35. The lowest BCUT2D eigenvalue weighted by molar-refractivity contribution is -0.125. The van der Waals surface area contributed by atoms with Gasteiger partial charge in [-0.1, -0.05) is 15.9 Å². The van der Waals surface area contributed by atoms with Gasteiger partial charge >= 0.3 is 5.97 Å². The molecule has 3 N–H and O–H groups in total. The molecule has 0 aromatic heterocycles. The quantitative estimate of drug-likeness (QED) is 0.789. The second-order valence-corrected chi connectivity index (χ2v) is 6.21. The Morgan fingerprint density at radius 3 is 2.80 bits per heavy atom. The Kier molecular flexibility index (Phi) is 4.45. The van der Waals surface area contributed by atoms with E-state index in [4.69, 9.17) is 5.11 Å². The van der Waals surface area contributed by atoms with Gasteiger partial charge in [-0.05, 0) is 44.5 Å². The minimum atomic E-state index is -1.06. The molecular formula is C14H17BrN2O3. The number of hydrogen-bond acceptors (Lipinski definition) is 3. The molecule has 2 rings (SSSR count). The smallest absolute Gasteiger partial charge is 0.337 e. The number of anilines is 1. The molecule has 1 saturated heterocycles. The highest BCUT2D eigenvalue weighted by molar-refractivity contribution is 9.10. The van der Waals surface area contributed by atoms with Gasteiger partial charge in [-0.2, -0.15) is 0 Å². The molecule has 1 heterocycles. The lowest BCUT2D eigenvalue weighted by Gasteiger charge is -2.32. The highest BCUT2D eigenvalue weighted by atomic mass is 79.9. The van der Waals surface area contributed by atoms with E-state index in [9.17, 15) is 9.59 Å². The van der Waals surface area contributed by atoms with Crippen molar-refractivity contribution >= 4 is 33.5 Å². The second kappa shape index (κ2) is 5.93. The normalized spacial score (nSPS) is 22.3. The number of amides is 1. The van der Waals surface area contributed by atoms with Crippen LogP contribution in [0.1, 0.15) is 30.1 Å². The maximum atomic E-state index is 12.4. The molecule has 0 radical (unpaired) electrons. The Labute approximate surface area is 125 Å². The van der Waals surface area contributed by atoms with Crippen LogP contribution >= 0.6 is 15.9 Å². The predicted molar refractivity (Wildman–Crippen MR) is 79.9 cm³/mol. The van der Waals surface area contributed by atoms with Crippen molar-refractivity contribution in [3.63, 3.8) is 0 Å². The summed E-state index contributed by atoms with van der Waals surface area (Å²) in [6.45, 7) is 3.42. The Morgan fingerprint density at radius 1 is 1.45 bits per heavy atom. The minimum Gasteiger partial charge on any atom is -0.478 e. The van der Waals surface area contributed by atoms with Gasteiger partial charge in [0, 0.05) is 11.0 Å². The van der Waals surface area contributed by atoms with E-state index >= 15 is 0 Å². The van der Waals surface area contributed by atoms with E-state index in [1.165, 1.54) is 6.07 Å². The number of carboxylic acid groups (broad SMARTS) is 1. The minimum absolute atomic E-state index is 0.0916. The number of piperidine rings is 1. The van der Waals surface area contributed by atoms with Crippen molar-refractivity contribution in [3.05, 3.63) is 28.2 Å². The molecule has 20 heavy (non-hydrogen) atoms. The lowest BCUT2D eigenvalue weighted by Crippen LogP contribution is -2.46. The van der Waals surface area contributed by atoms with Crippen molar-refractivity contribution in [1.29, 1.82) is 0 Å². The zero-order chi connectivity index (χ0) is 14.8. The molecule has 1 aromatic rings. The van der Waals surface area contributed by atoms with Crippen molar-refractivity contribution in [3.8, 4) is 0 Å². The summed E-state index contributed by atoms with van der Waals surface area (Å²) in [6, 6.07) is 4.73. The van der Waals surface area contributed by atoms with Gasteiger partial charge in [0.15, 0.2) is 0 Å². The molecule has 1 aromatic carbocycles. The number of halogens is 1. The fourth-order valence-electron chi connectivity index (χ4n) is 2.33. The van der Waals surface area contributed by atoms with Crippen molar-refractivity contribution in [2.24, 2.45) is 5.41 Å². The Balaban J connectivity index is 2.23. The fraction of sp³-hybridized carbons (Fsp3) is 0.429. The van der Waals surface area contributed by atoms with E-state index in [0.29, 0.717) is 12.2 Å². The van der Waals surface area contributed by atoms with Crippen LogP contribution in [0.5, 0.6) is 0 Å². The summed E-state index contributed by atoms with van der Waals surface area (Å²) in [6.07, 6.45) is 1.73. The van der Waals surface area contributed by atoms with E-state index in [0.717, 1.165) is 23.9 Å². The third-order valence-corrected chi connectivity index (χ3v) is 4.10. The molecule has 1 aliphatic heterocycles. The number of hydrogen-bond donors (Lipinski definition) is 3. The van der Waals surface area contributed by atoms with Crippen LogP contribution in [-0.2, 0) is 4.79 Å². The highest BCUT2D eigenvalue weighted by Crippen LogP contribution is 2.29. The second-order valence-electron chi connectivity index (χ2n) is 5.29. The van der Waals surface area contributed by atoms with Gasteiger partial charge in [-0.15, -0.1) is 0 Å². The molecule has 1 unspecified atom stereocenters. The molecule has 6 heteroatoms. The molecule has 5 nitrogen and oxygen atoms in total. The maximum Gasteiger partial charge on any atom is 0.337 e. The maximum absolute atomic E-state index is 12.4. The first kappa shape index (κ1) is 15.0. The third kappa shape index (κ3) is 3.19. The van der Waals surface area contributed by atoms with E-state index in [2.05, 4.69) is 26.6 Å². The summed E-state index contributed by atoms with van der Waals surface area (Å²) < 4.78 is 0.727. The van der Waals surface area contributed by atoms with Gasteiger partial charge in [0.2, 0.25) is 5.91 Å². The van der Waals surface area contributed by atoms with Crippen molar-refractivity contribution in [1.82, 2.24) is 5.32 Å². The van der Waals surface area contributed by atoms with Crippen LogP contribution in [0.25, 0.3) is 0 Å². The SMILES string of the molecule is CC1(C(=O)Nc2cc(Br)ccc2C(=O)O)CCCNC1. The average Bonchev–Trinajstić information content (AvgIpc) is 2.39. The van der Waals surface area contributed by atoms with Crippen molar-refractivity contribution in [2.75, 3.05) is 18.4 Å². The number of carbonyl (C=O) groups is 2. The van der Waals surface area contributed by atoms with E-state index in [-0.39, 0.29) is 11.5 Å². The number of nitrogens with one attached hydrogen (secondary N) is 2. The van der Waals surface area contributed by atoms with Gasteiger partial charge in [0.1, 0.15) is 0 Å². The zero-order valence-corrected chi connectivity index (χ0v) is 12.8. The number of carbonyl (C=O) groups excluding carboxylic acids is 1. The number of carboxylic acids is 1. The van der Waals surface area contributed by atoms with Crippen LogP contribution in [0.4, 0.5) is 5.69 Å². The van der Waals surface area contributed by atoms with Crippen molar-refractivity contribution < 1.29 is 14.7 Å². The summed E-state index contributed by atoms with van der Waals surface area (Å²) in [5.41, 5.74) is -0.0892. The molecule has 0 aliphatic carbocycles. The van der Waals surface area contributed by atoms with Gasteiger partial charge in [0.25, 0.3) is 0 Å². The first-order chi connectivity index (χ1) is 9.42. The Hall–Kier alpha value is -1.40. The van der Waals surface area contributed by atoms with Gasteiger partial charge in [-0.25, -0.2) is 4.79 Å². The van der Waals surface area contributed by atoms with E-state index < -0.39 is 11.4 Å². The van der Waals surface area contributed by atoms with Crippen molar-refractivity contribution in [2.45, 2.75) is 19.8 Å². The molecule has 108 valence electrons. The number of rotatable bonds is 3. The third-order valence-electron chi connectivity index (χ3n) is 3.61. The molecule has 1 amide bonds. The fourth-order valence-corrected chi connectivity index (χ4v) is 2.69. The lowest BCUT2D eigenvalue weighted by atomic mass is 9.82. The van der Waals surface area contributed by atoms with E-state index in [1.54, 1.807) is 12.1 Å². The van der Waals surface area contributed by atoms with Crippen LogP contribution in [-0.4, -0.2) is 30.1 Å². The number of aromatic carboxylic acids is 1. The summed E-state index contributed by atoms with van der Waals surface area (Å²) >= 11 is 3.29. The Bertz CT molecular complexity index is 539. The molecule has 1 aliphatic rings. The standard InChI is InChI=1S/C14H17BrN2O3/c1-14(5-2-6-16-8-14)13(20)17-11-7-9(15)3-4-10(11)12(18)19/h3-4,7,16H,2,5-6,8H2,1H3,(H,17,20)(H,18,19). The molecule has 1 fully saturated rings. The van der Waals surface area contributed by atoms with Gasteiger partial charge in [0.05, 0.1) is 16.7 Å². The first-order valence-electron chi connectivity index (χ1n) is 6.47. The molecule has 0 saturated carbocycles. The first-order valence-corrected chi connectivity index (χ1v) is 7.27. The summed E-state index contributed by atoms with van der Waals surface area (Å²) in [7, 11) is 0. The zero-order valence-electron chi connectivity index (χ0n) is 11.2. The number of benzene rings is 1. The van der Waals surface area contributed by atoms with E-state index in [1.807, 2.05) is 6.92 Å². The van der Waals surface area contributed by atoms with Crippen LogP contribution in [0.2, 0.25) is 0 Å². The molecule has 0 bridgehead atoms. The van der Waals surface area contributed by atoms with Gasteiger partial charge < -0.3 is 15.7 Å². The van der Waals surface area contributed by atoms with Crippen LogP contribution in [0, 0.1) is 5.41 Å². The van der Waals surface area contributed by atoms with Crippen LogP contribution in [0.15, 0.2) is 22.7 Å². The van der Waals surface area contributed by atoms with Gasteiger partial charge in [-0.3, -0.25) is 4.79 Å². The molecular weight excluding hydrogens is 324 g/mol. The monoisotopic (exact) mass is 340 g/mol. The molecule has 1 atom stereocenters. The van der Waals surface area contributed by atoms with Crippen LogP contribution < -0.4 is 10.6 Å². The predicted octanol–water partition coefficient (Wildman–Crippen LogP) is 2.48. The Morgan fingerprint density at radius 2 is 2.20 bits per heavy atom. The summed E-state index contributed by atoms with van der Waals surface area (Å²) in [5, 5.41) is 15.1. The topological polar surface area (TPSA) is 78.4 Å². The van der Waals surface area contributed by atoms with Crippen LogP contribution in [0.3, 0.4) is 0 Å². The molecule has 0 spiro atoms. The summed E-state index contributed by atoms with van der Waals surface area (Å²) in [4.78, 5) is 23.6. The largest absolute Gasteiger partial charge is 0.478 e. The summed E-state index contributed by atoms with van der Waals surface area (Å²) in [5.74, 6) is -1.20.